The van der Waals surface area contributed by atoms with Crippen molar-refractivity contribution >= 4 is 27.8 Å². The van der Waals surface area contributed by atoms with Crippen LogP contribution in [0, 0.1) is 0 Å². The molecule has 0 aromatic carbocycles. The maximum atomic E-state index is 4.84. The highest BCUT2D eigenvalue weighted by Gasteiger charge is 2.14. The predicted octanol–water partition coefficient (Wildman–Crippen LogP) is 3.69. The van der Waals surface area contributed by atoms with Gasteiger partial charge in [0.05, 0.1) is 23.4 Å². The first kappa shape index (κ1) is 16.4. The summed E-state index contributed by atoms with van der Waals surface area (Å²) in [7, 11) is 2.09. The van der Waals surface area contributed by atoms with Gasteiger partial charge in [-0.3, -0.25) is 0 Å². The Labute approximate surface area is 135 Å². The lowest BCUT2D eigenvalue weighted by Gasteiger charge is -2.13. The van der Waals surface area contributed by atoms with Crippen molar-refractivity contribution in [1.29, 1.82) is 0 Å². The Kier molecular flexibility index (Phi) is 6.60. The molecule has 1 N–H and O–H groups in total. The molecule has 0 bridgehead atoms. The SMILES string of the molecule is CCCNCc1sc(N(C)Cc2cscn2)nc1CCC. The van der Waals surface area contributed by atoms with Crippen LogP contribution in [0.4, 0.5) is 5.13 Å². The Bertz CT molecular complexity index is 522. The second-order valence-electron chi connectivity index (χ2n) is 5.13. The number of rotatable bonds is 9. The highest BCUT2D eigenvalue weighted by Crippen LogP contribution is 2.27. The monoisotopic (exact) mass is 324 g/mol. The highest BCUT2D eigenvalue weighted by atomic mass is 32.1. The van der Waals surface area contributed by atoms with Gasteiger partial charge in [0.1, 0.15) is 0 Å². The van der Waals surface area contributed by atoms with Gasteiger partial charge in [0.15, 0.2) is 5.13 Å². The van der Waals surface area contributed by atoms with Gasteiger partial charge in [0, 0.05) is 23.8 Å². The average molecular weight is 325 g/mol. The number of aryl methyl sites for hydroxylation is 1. The van der Waals surface area contributed by atoms with Gasteiger partial charge in [-0.05, 0) is 19.4 Å². The minimum absolute atomic E-state index is 0.824. The summed E-state index contributed by atoms with van der Waals surface area (Å²) < 4.78 is 0. The van der Waals surface area contributed by atoms with E-state index < -0.39 is 0 Å². The molecule has 0 radical (unpaired) electrons. The van der Waals surface area contributed by atoms with E-state index >= 15 is 0 Å². The normalized spacial score (nSPS) is 11.0. The van der Waals surface area contributed by atoms with E-state index in [-0.39, 0.29) is 0 Å². The first-order valence-corrected chi connectivity index (χ1v) is 9.28. The fourth-order valence-corrected chi connectivity index (χ4v) is 3.69. The zero-order valence-corrected chi connectivity index (χ0v) is 14.7. The van der Waals surface area contributed by atoms with E-state index in [0.717, 1.165) is 43.3 Å². The number of hydrogen-bond donors (Lipinski definition) is 1. The fourth-order valence-electron chi connectivity index (χ4n) is 2.11. The molecule has 0 spiro atoms. The molecule has 116 valence electrons. The predicted molar refractivity (Wildman–Crippen MR) is 92.3 cm³/mol. The number of hydrogen-bond acceptors (Lipinski definition) is 6. The summed E-state index contributed by atoms with van der Waals surface area (Å²) >= 11 is 3.45. The quantitative estimate of drug-likeness (QED) is 0.714. The van der Waals surface area contributed by atoms with Crippen molar-refractivity contribution < 1.29 is 0 Å². The largest absolute Gasteiger partial charge is 0.345 e. The Hall–Kier alpha value is -0.980. The van der Waals surface area contributed by atoms with Crippen molar-refractivity contribution in [2.45, 2.75) is 46.2 Å². The van der Waals surface area contributed by atoms with Crippen LogP contribution in [0.2, 0.25) is 0 Å². The Morgan fingerprint density at radius 1 is 1.29 bits per heavy atom. The molecular weight excluding hydrogens is 300 g/mol. The minimum atomic E-state index is 0.824. The zero-order chi connectivity index (χ0) is 15.1. The molecule has 6 heteroatoms. The minimum Gasteiger partial charge on any atom is -0.345 e. The molecule has 0 aliphatic heterocycles. The maximum Gasteiger partial charge on any atom is 0.185 e. The van der Waals surface area contributed by atoms with E-state index in [1.807, 2.05) is 16.8 Å². The molecule has 0 aliphatic carbocycles. The third kappa shape index (κ3) is 4.76. The lowest BCUT2D eigenvalue weighted by Crippen LogP contribution is -2.16. The second-order valence-corrected chi connectivity index (χ2v) is 6.91. The van der Waals surface area contributed by atoms with E-state index in [4.69, 9.17) is 4.98 Å². The third-order valence-corrected chi connectivity index (χ3v) is 5.02. The van der Waals surface area contributed by atoms with E-state index in [9.17, 15) is 0 Å². The molecule has 0 saturated heterocycles. The summed E-state index contributed by atoms with van der Waals surface area (Å²) in [5, 5.41) is 6.68. The van der Waals surface area contributed by atoms with Gasteiger partial charge in [0.25, 0.3) is 0 Å². The molecular formula is C15H24N4S2. The topological polar surface area (TPSA) is 41.0 Å². The van der Waals surface area contributed by atoms with E-state index in [0.29, 0.717) is 0 Å². The molecule has 0 saturated carbocycles. The Morgan fingerprint density at radius 2 is 2.14 bits per heavy atom. The summed E-state index contributed by atoms with van der Waals surface area (Å²) in [6, 6.07) is 0. The second kappa shape index (κ2) is 8.46. The zero-order valence-electron chi connectivity index (χ0n) is 13.1. The molecule has 2 aromatic heterocycles. The van der Waals surface area contributed by atoms with Gasteiger partial charge >= 0.3 is 0 Å². The van der Waals surface area contributed by atoms with E-state index in [1.54, 1.807) is 11.3 Å². The summed E-state index contributed by atoms with van der Waals surface area (Å²) in [6.45, 7) is 7.23. The van der Waals surface area contributed by atoms with Crippen LogP contribution < -0.4 is 10.2 Å². The van der Waals surface area contributed by atoms with Crippen molar-refractivity contribution in [1.82, 2.24) is 15.3 Å². The van der Waals surface area contributed by atoms with Crippen molar-refractivity contribution in [3.8, 4) is 0 Å². The van der Waals surface area contributed by atoms with Crippen molar-refractivity contribution in [3.63, 3.8) is 0 Å². The summed E-state index contributed by atoms with van der Waals surface area (Å²) in [5.41, 5.74) is 4.25. The molecule has 0 amide bonds. The standard InChI is InChI=1S/C15H24N4S2/c1-4-6-13-14(8-16-7-5-2)21-15(18-13)19(3)9-12-10-20-11-17-12/h10-11,16H,4-9H2,1-3H3. The highest BCUT2D eigenvalue weighted by molar-refractivity contribution is 7.15. The molecule has 2 aromatic rings. The number of anilines is 1. The van der Waals surface area contributed by atoms with Crippen LogP contribution >= 0.6 is 22.7 Å². The van der Waals surface area contributed by atoms with Gasteiger partial charge in [-0.15, -0.1) is 22.7 Å². The van der Waals surface area contributed by atoms with Gasteiger partial charge in [-0.2, -0.15) is 0 Å². The van der Waals surface area contributed by atoms with Crippen LogP contribution in [-0.2, 0) is 19.5 Å². The Morgan fingerprint density at radius 3 is 2.81 bits per heavy atom. The molecule has 0 unspecified atom stereocenters. The first-order chi connectivity index (χ1) is 10.2. The van der Waals surface area contributed by atoms with Crippen molar-refractivity contribution in [2.75, 3.05) is 18.5 Å². The Balaban J connectivity index is 2.06. The van der Waals surface area contributed by atoms with Crippen molar-refractivity contribution in [3.05, 3.63) is 27.2 Å². The van der Waals surface area contributed by atoms with Crippen LogP contribution in [0.15, 0.2) is 10.9 Å². The third-order valence-electron chi connectivity index (χ3n) is 3.18. The van der Waals surface area contributed by atoms with Crippen molar-refractivity contribution in [2.24, 2.45) is 0 Å². The molecule has 2 rings (SSSR count). The molecule has 21 heavy (non-hydrogen) atoms. The van der Waals surface area contributed by atoms with Gasteiger partial charge in [-0.25, -0.2) is 9.97 Å². The first-order valence-electron chi connectivity index (χ1n) is 7.52. The summed E-state index contributed by atoms with van der Waals surface area (Å²) in [5.74, 6) is 0. The van der Waals surface area contributed by atoms with Crippen LogP contribution in [0.25, 0.3) is 0 Å². The number of aromatic nitrogens is 2. The van der Waals surface area contributed by atoms with E-state index in [1.165, 1.54) is 17.0 Å². The fraction of sp³-hybridized carbons (Fsp3) is 0.600. The lowest BCUT2D eigenvalue weighted by molar-refractivity contribution is 0.674. The van der Waals surface area contributed by atoms with Crippen LogP contribution in [0.3, 0.4) is 0 Å². The van der Waals surface area contributed by atoms with Crippen LogP contribution in [-0.4, -0.2) is 23.6 Å². The summed E-state index contributed by atoms with van der Waals surface area (Å²) in [6.07, 6.45) is 3.36. The van der Waals surface area contributed by atoms with Gasteiger partial charge in [-0.1, -0.05) is 20.3 Å². The smallest absolute Gasteiger partial charge is 0.185 e. The molecule has 4 nitrogen and oxygen atoms in total. The van der Waals surface area contributed by atoms with Gasteiger partial charge < -0.3 is 10.2 Å². The lowest BCUT2D eigenvalue weighted by atomic mass is 10.2. The molecule has 0 fully saturated rings. The maximum absolute atomic E-state index is 4.84. The average Bonchev–Trinajstić information content (AvgIpc) is 3.10. The number of nitrogens with one attached hydrogen (secondary N) is 1. The van der Waals surface area contributed by atoms with Crippen LogP contribution in [0.5, 0.6) is 0 Å². The molecule has 0 atom stereocenters. The van der Waals surface area contributed by atoms with E-state index in [2.05, 4.69) is 41.5 Å². The molecule has 2 heterocycles. The molecule has 0 aliphatic rings. The number of nitrogens with zero attached hydrogens (tertiary/aromatic N) is 3. The summed E-state index contributed by atoms with van der Waals surface area (Å²) in [4.78, 5) is 12.8. The van der Waals surface area contributed by atoms with Gasteiger partial charge in [0.2, 0.25) is 0 Å². The number of thiazole rings is 2. The van der Waals surface area contributed by atoms with Crippen LogP contribution in [0.1, 0.15) is 43.0 Å².